The molecule has 1 aromatic carbocycles. The van der Waals surface area contributed by atoms with Gasteiger partial charge in [-0.2, -0.15) is 18.4 Å². The number of halogens is 4. The second-order valence-electron chi connectivity index (χ2n) is 8.00. The molecule has 1 amide bonds. The van der Waals surface area contributed by atoms with Crippen LogP contribution in [0, 0.1) is 11.3 Å². The summed E-state index contributed by atoms with van der Waals surface area (Å²) in [5.41, 5.74) is -0.582. The van der Waals surface area contributed by atoms with Crippen molar-refractivity contribution in [2.75, 3.05) is 37.6 Å². The zero-order valence-electron chi connectivity index (χ0n) is 17.0. The van der Waals surface area contributed by atoms with Crippen LogP contribution in [0.2, 0.25) is 0 Å². The monoisotopic (exact) mass is 451 g/mol. The number of hydrogen-bond acceptors (Lipinski definition) is 6. The van der Waals surface area contributed by atoms with Gasteiger partial charge in [-0.05, 0) is 37.2 Å². The van der Waals surface area contributed by atoms with Crippen LogP contribution in [0.5, 0.6) is 0 Å². The molecule has 2 aromatic rings. The highest BCUT2D eigenvalue weighted by atomic mass is 19.4. The van der Waals surface area contributed by atoms with Crippen LogP contribution in [0.3, 0.4) is 0 Å². The Labute approximate surface area is 181 Å². The predicted octanol–water partition coefficient (Wildman–Crippen LogP) is 2.06. The van der Waals surface area contributed by atoms with Gasteiger partial charge in [0.25, 0.3) is 5.91 Å². The summed E-state index contributed by atoms with van der Waals surface area (Å²) in [7, 11) is 0. The van der Waals surface area contributed by atoms with E-state index in [2.05, 4.69) is 15.6 Å². The molecule has 2 fully saturated rings. The van der Waals surface area contributed by atoms with Crippen LogP contribution in [-0.4, -0.2) is 67.7 Å². The summed E-state index contributed by atoms with van der Waals surface area (Å²) in [4.78, 5) is 18.2. The molecule has 0 saturated carbocycles. The Balaban J connectivity index is 1.61. The van der Waals surface area contributed by atoms with Gasteiger partial charge in [-0.3, -0.25) is 9.78 Å². The lowest BCUT2D eigenvalue weighted by Gasteiger charge is -2.39. The minimum atomic E-state index is -4.70. The van der Waals surface area contributed by atoms with Gasteiger partial charge in [0.05, 0.1) is 30.7 Å². The van der Waals surface area contributed by atoms with Crippen LogP contribution in [0.4, 0.5) is 23.2 Å². The molecule has 2 saturated heterocycles. The molecule has 3 atom stereocenters. The number of carbonyl (C=O) groups excluding carboxylic acids is 1. The van der Waals surface area contributed by atoms with E-state index in [0.29, 0.717) is 23.1 Å². The number of fused-ring (bicyclic) bond motifs is 1. The number of amides is 1. The first kappa shape index (κ1) is 22.2. The van der Waals surface area contributed by atoms with Crippen molar-refractivity contribution < 1.29 is 27.1 Å². The average molecular weight is 451 g/mol. The second kappa shape index (κ2) is 8.52. The van der Waals surface area contributed by atoms with Crippen molar-refractivity contribution >= 4 is 22.5 Å². The van der Waals surface area contributed by atoms with E-state index in [9.17, 15) is 27.6 Å². The molecule has 0 radical (unpaired) electrons. The molecular formula is C21H21F4N5O2. The number of hydrogen-bond donors (Lipinski definition) is 2. The van der Waals surface area contributed by atoms with Crippen LogP contribution in [-0.2, 0) is 9.53 Å². The molecule has 4 rings (SSSR count). The number of nitrogens with zero attached hydrogens (tertiary/aromatic N) is 3. The molecule has 2 N–H and O–H groups in total. The van der Waals surface area contributed by atoms with Gasteiger partial charge in [-0.25, -0.2) is 4.39 Å². The van der Waals surface area contributed by atoms with Crippen molar-refractivity contribution in [1.82, 2.24) is 15.6 Å². The lowest BCUT2D eigenvalue weighted by Crippen LogP contribution is -2.58. The smallest absolute Gasteiger partial charge is 0.365 e. The number of aromatic nitrogens is 1. The Kier molecular flexibility index (Phi) is 5.92. The molecule has 1 aromatic heterocycles. The summed E-state index contributed by atoms with van der Waals surface area (Å²) in [6.07, 6.45) is -6.65. The highest BCUT2D eigenvalue weighted by molar-refractivity contribution is 5.95. The highest BCUT2D eigenvalue weighted by Crippen LogP contribution is 2.34. The number of nitriles is 1. The van der Waals surface area contributed by atoms with Gasteiger partial charge in [-0.1, -0.05) is 0 Å². The van der Waals surface area contributed by atoms with E-state index < -0.39 is 36.5 Å². The molecule has 0 aliphatic carbocycles. The highest BCUT2D eigenvalue weighted by Gasteiger charge is 2.48. The molecule has 7 nitrogen and oxygen atoms in total. The zero-order valence-corrected chi connectivity index (χ0v) is 17.0. The van der Waals surface area contributed by atoms with E-state index in [-0.39, 0.29) is 31.6 Å². The van der Waals surface area contributed by atoms with Gasteiger partial charge < -0.3 is 20.3 Å². The Hall–Kier alpha value is -2.97. The van der Waals surface area contributed by atoms with Gasteiger partial charge in [0.1, 0.15) is 11.7 Å². The summed E-state index contributed by atoms with van der Waals surface area (Å²) in [6.45, 7) is -0.457. The Bertz CT molecular complexity index is 1050. The van der Waals surface area contributed by atoms with E-state index in [4.69, 9.17) is 4.74 Å². The number of carbonyl (C=O) groups is 1. The molecule has 32 heavy (non-hydrogen) atoms. The maximum Gasteiger partial charge on any atom is 0.416 e. The number of ether oxygens (including phenoxy) is 1. The number of rotatable bonds is 4. The third-order valence-electron chi connectivity index (χ3n) is 5.74. The largest absolute Gasteiger partial charge is 0.416 e. The van der Waals surface area contributed by atoms with Crippen LogP contribution in [0.15, 0.2) is 30.5 Å². The lowest BCUT2D eigenvalue weighted by molar-refractivity contribution is -0.234. The predicted molar refractivity (Wildman–Crippen MR) is 108 cm³/mol. The van der Waals surface area contributed by atoms with Gasteiger partial charge in [0.2, 0.25) is 0 Å². The zero-order chi connectivity index (χ0) is 22.9. The SMILES string of the molecule is N#Cc1ccc(N2CC(C(=O)NC[C@]3(F)CCNC3)OC(C(F)(F)F)C2)c2cccnc12. The Morgan fingerprint density at radius 3 is 2.88 bits per heavy atom. The molecule has 2 unspecified atom stereocenters. The number of nitrogens with one attached hydrogen (secondary N) is 2. The molecule has 2 aliphatic rings. The summed E-state index contributed by atoms with van der Waals surface area (Å²) in [6, 6.07) is 8.32. The summed E-state index contributed by atoms with van der Waals surface area (Å²) >= 11 is 0. The molecular weight excluding hydrogens is 430 g/mol. The van der Waals surface area contributed by atoms with E-state index in [1.165, 1.54) is 23.2 Å². The van der Waals surface area contributed by atoms with Crippen molar-refractivity contribution in [2.45, 2.75) is 30.5 Å². The second-order valence-corrected chi connectivity index (χ2v) is 8.00. The van der Waals surface area contributed by atoms with Crippen LogP contribution >= 0.6 is 0 Å². The standard InChI is InChI=1S/C21H21F4N5O2/c22-20(5-7-27-11-20)12-29-19(31)16-9-30(10-17(32-16)21(23,24)25)15-4-3-13(8-26)18-14(15)2-1-6-28-18/h1-4,6,16-17,27H,5,7,9-12H2,(H,29,31)/t16?,17?,20-/m0/s1. The molecule has 0 bridgehead atoms. The molecule has 11 heteroatoms. The molecule has 2 aliphatic heterocycles. The van der Waals surface area contributed by atoms with Crippen LogP contribution in [0.1, 0.15) is 12.0 Å². The van der Waals surface area contributed by atoms with E-state index in [1.807, 2.05) is 6.07 Å². The van der Waals surface area contributed by atoms with Gasteiger partial charge >= 0.3 is 6.18 Å². The van der Waals surface area contributed by atoms with E-state index in [1.54, 1.807) is 12.1 Å². The number of alkyl halides is 4. The molecule has 0 spiro atoms. The van der Waals surface area contributed by atoms with Crippen LogP contribution < -0.4 is 15.5 Å². The normalized spacial score (nSPS) is 26.2. The van der Waals surface area contributed by atoms with E-state index in [0.717, 1.165) is 0 Å². The Morgan fingerprint density at radius 2 is 2.19 bits per heavy atom. The average Bonchev–Trinajstić information content (AvgIpc) is 3.22. The number of anilines is 1. The van der Waals surface area contributed by atoms with Gasteiger partial charge in [0, 0.05) is 23.8 Å². The van der Waals surface area contributed by atoms with Crippen molar-refractivity contribution in [3.63, 3.8) is 0 Å². The van der Waals surface area contributed by atoms with Gasteiger partial charge in [-0.15, -0.1) is 0 Å². The lowest BCUT2D eigenvalue weighted by atomic mass is 10.0. The van der Waals surface area contributed by atoms with Crippen LogP contribution in [0.25, 0.3) is 10.9 Å². The van der Waals surface area contributed by atoms with Crippen molar-refractivity contribution in [2.24, 2.45) is 0 Å². The maximum absolute atomic E-state index is 14.6. The summed E-state index contributed by atoms with van der Waals surface area (Å²) in [5, 5.41) is 15.1. The van der Waals surface area contributed by atoms with Gasteiger partial charge in [0.15, 0.2) is 12.2 Å². The number of benzene rings is 1. The van der Waals surface area contributed by atoms with Crippen molar-refractivity contribution in [1.29, 1.82) is 5.26 Å². The fourth-order valence-electron chi connectivity index (χ4n) is 4.03. The molecule has 170 valence electrons. The molecule has 3 heterocycles. The maximum atomic E-state index is 14.6. The first-order chi connectivity index (χ1) is 15.2. The minimum absolute atomic E-state index is 0.0698. The fourth-order valence-corrected chi connectivity index (χ4v) is 4.03. The first-order valence-electron chi connectivity index (χ1n) is 10.1. The third kappa shape index (κ3) is 4.47. The summed E-state index contributed by atoms with van der Waals surface area (Å²) < 4.78 is 60.4. The van der Waals surface area contributed by atoms with E-state index >= 15 is 0 Å². The number of pyridine rings is 1. The quantitative estimate of drug-likeness (QED) is 0.692. The first-order valence-corrected chi connectivity index (χ1v) is 10.1. The Morgan fingerprint density at radius 1 is 1.38 bits per heavy atom. The van der Waals surface area contributed by atoms with Crippen molar-refractivity contribution in [3.8, 4) is 6.07 Å². The van der Waals surface area contributed by atoms with Crippen molar-refractivity contribution in [3.05, 3.63) is 36.0 Å². The fraction of sp³-hybridized carbons (Fsp3) is 0.476. The minimum Gasteiger partial charge on any atom is -0.365 e. The third-order valence-corrected chi connectivity index (χ3v) is 5.74. The summed E-state index contributed by atoms with van der Waals surface area (Å²) in [5.74, 6) is -0.802. The number of morpholine rings is 1. The topological polar surface area (TPSA) is 90.3 Å².